The van der Waals surface area contributed by atoms with Gasteiger partial charge in [-0.05, 0) is 60.2 Å². The Balaban J connectivity index is 0.000000425. The molecule has 2 aromatic heterocycles. The van der Waals surface area contributed by atoms with Gasteiger partial charge in [0.25, 0.3) is 0 Å². The molecule has 0 saturated carbocycles. The second-order valence-electron chi connectivity index (χ2n) is 11.9. The standard InChI is InChI=1S/C32H30FN7O2.2C2HF3O2/c1-2-18-14-24(28(33)26(15-18)40-13-5-8-27(40)41)29(38-20-9-10-21-19(16-20)11-12-36-30(21)34)32-37-17-25(39-32)22-6-3-4-7-23(22)31(35)42;2*3-2(4,5)1(6)7/h3-4,6-7,9-12,14-17,29,38H,2,5,8,13H2,1H3,(H2,34,36)(H2,35,42)(H,37,39);2*(H,6,7). The van der Waals surface area contributed by atoms with Crippen molar-refractivity contribution in [2.24, 2.45) is 5.73 Å². The topological polar surface area (TPSA) is 218 Å². The number of carbonyl (C=O) groups excluding carboxylic acids is 2. The van der Waals surface area contributed by atoms with E-state index in [0.717, 1.165) is 16.3 Å². The molecule has 296 valence electrons. The van der Waals surface area contributed by atoms with Gasteiger partial charge in [0.05, 0.1) is 11.4 Å². The quantitative estimate of drug-likeness (QED) is 0.0925. The molecule has 1 fully saturated rings. The summed E-state index contributed by atoms with van der Waals surface area (Å²) >= 11 is 0. The first-order chi connectivity index (χ1) is 26.2. The summed E-state index contributed by atoms with van der Waals surface area (Å²) in [7, 11) is 0. The Morgan fingerprint density at radius 1 is 0.982 bits per heavy atom. The molecule has 0 spiro atoms. The van der Waals surface area contributed by atoms with Crippen LogP contribution in [0.1, 0.15) is 53.1 Å². The average Bonchev–Trinajstić information content (AvgIpc) is 3.80. The van der Waals surface area contributed by atoms with E-state index < -0.39 is 42.1 Å². The smallest absolute Gasteiger partial charge is 0.475 e. The number of fused-ring (bicyclic) bond motifs is 1. The number of imidazole rings is 1. The SMILES string of the molecule is CCc1cc(C(Nc2ccc3c(N)nccc3c2)c2nc(-c3ccccc3C(N)=O)c[nH]2)c(F)c(N2CCCC2=O)c1.O=C(O)C(F)(F)F.O=C(O)C(F)(F)F. The van der Waals surface area contributed by atoms with E-state index in [0.29, 0.717) is 65.5 Å². The number of nitrogens with two attached hydrogens (primary N) is 2. The van der Waals surface area contributed by atoms with Crippen molar-refractivity contribution in [2.45, 2.75) is 44.6 Å². The van der Waals surface area contributed by atoms with Crippen molar-refractivity contribution < 1.29 is 60.1 Å². The van der Waals surface area contributed by atoms with Gasteiger partial charge in [-0.15, -0.1) is 0 Å². The molecule has 3 aromatic carbocycles. The molecular formula is C36H32F7N7O6. The molecule has 3 heterocycles. The van der Waals surface area contributed by atoms with Crippen LogP contribution in [-0.2, 0) is 20.8 Å². The fraction of sp³-hybridized carbons (Fsp3) is 0.222. The Morgan fingerprint density at radius 2 is 1.62 bits per heavy atom. The van der Waals surface area contributed by atoms with E-state index in [1.54, 1.807) is 48.8 Å². The van der Waals surface area contributed by atoms with Crippen LogP contribution >= 0.6 is 0 Å². The number of hydrogen-bond acceptors (Lipinski definition) is 8. The van der Waals surface area contributed by atoms with Crippen LogP contribution < -0.4 is 21.7 Å². The van der Waals surface area contributed by atoms with Gasteiger partial charge < -0.3 is 36.9 Å². The molecule has 5 aromatic rings. The summed E-state index contributed by atoms with van der Waals surface area (Å²) in [5, 5.41) is 19.4. The maximum Gasteiger partial charge on any atom is 0.490 e. The van der Waals surface area contributed by atoms with Crippen molar-refractivity contribution in [3.05, 3.63) is 101 Å². The van der Waals surface area contributed by atoms with Crippen LogP contribution in [0.3, 0.4) is 0 Å². The minimum absolute atomic E-state index is 0.0957. The summed E-state index contributed by atoms with van der Waals surface area (Å²) in [6.07, 6.45) is -5.14. The van der Waals surface area contributed by atoms with Gasteiger partial charge in [0.15, 0.2) is 5.82 Å². The van der Waals surface area contributed by atoms with Gasteiger partial charge in [-0.2, -0.15) is 26.3 Å². The Hall–Kier alpha value is -6.73. The van der Waals surface area contributed by atoms with Crippen molar-refractivity contribution in [3.63, 3.8) is 0 Å². The molecule has 6 rings (SSSR count). The highest BCUT2D eigenvalue weighted by molar-refractivity contribution is 5.99. The zero-order valence-corrected chi connectivity index (χ0v) is 29.0. The Bertz CT molecular complexity index is 2240. The second kappa shape index (κ2) is 17.2. The number of anilines is 3. The number of rotatable bonds is 8. The highest BCUT2D eigenvalue weighted by Crippen LogP contribution is 2.36. The lowest BCUT2D eigenvalue weighted by molar-refractivity contribution is -0.193. The fourth-order valence-corrected chi connectivity index (χ4v) is 5.50. The summed E-state index contributed by atoms with van der Waals surface area (Å²) < 4.78 is 80.0. The monoisotopic (exact) mass is 791 g/mol. The number of halogens is 7. The molecule has 1 aliphatic rings. The third-order valence-electron chi connectivity index (χ3n) is 8.16. The molecular weight excluding hydrogens is 759 g/mol. The number of aromatic amines is 1. The second-order valence-corrected chi connectivity index (χ2v) is 11.9. The summed E-state index contributed by atoms with van der Waals surface area (Å²) in [5.74, 6) is -5.84. The Kier molecular flexibility index (Phi) is 12.9. The largest absolute Gasteiger partial charge is 0.490 e. The number of aryl methyl sites for hydroxylation is 1. The minimum atomic E-state index is -5.08. The number of nitrogens with one attached hydrogen (secondary N) is 2. The van der Waals surface area contributed by atoms with Crippen LogP contribution in [0.2, 0.25) is 0 Å². The first-order valence-electron chi connectivity index (χ1n) is 16.3. The van der Waals surface area contributed by atoms with Gasteiger partial charge in [0.2, 0.25) is 11.8 Å². The maximum absolute atomic E-state index is 16.5. The molecule has 1 saturated heterocycles. The fourth-order valence-electron chi connectivity index (χ4n) is 5.50. The van der Waals surface area contributed by atoms with Crippen LogP contribution in [0.4, 0.5) is 47.9 Å². The summed E-state index contributed by atoms with van der Waals surface area (Å²) in [4.78, 5) is 56.2. The van der Waals surface area contributed by atoms with Gasteiger partial charge in [0.1, 0.15) is 17.7 Å². The van der Waals surface area contributed by atoms with Crippen LogP contribution in [0.15, 0.2) is 73.1 Å². The predicted octanol–water partition coefficient (Wildman–Crippen LogP) is 6.60. The number of carboxylic acid groups (broad SMARTS) is 2. The number of aromatic nitrogens is 3. The molecule has 1 aliphatic heterocycles. The van der Waals surface area contributed by atoms with Crippen LogP contribution in [-0.4, -0.2) is 67.8 Å². The van der Waals surface area contributed by atoms with Crippen LogP contribution in [0.25, 0.3) is 22.0 Å². The van der Waals surface area contributed by atoms with E-state index in [9.17, 15) is 35.9 Å². The Morgan fingerprint density at radius 3 is 2.20 bits per heavy atom. The number of carboxylic acids is 2. The van der Waals surface area contributed by atoms with E-state index in [-0.39, 0.29) is 11.6 Å². The number of H-pyrrole nitrogens is 1. The molecule has 20 heteroatoms. The number of aliphatic carboxylic acids is 2. The Labute approximate surface area is 312 Å². The van der Waals surface area contributed by atoms with Gasteiger partial charge in [0, 0.05) is 53.1 Å². The van der Waals surface area contributed by atoms with E-state index in [1.807, 2.05) is 31.2 Å². The predicted molar refractivity (Wildman–Crippen MR) is 189 cm³/mol. The van der Waals surface area contributed by atoms with Crippen molar-refractivity contribution >= 4 is 51.7 Å². The highest BCUT2D eigenvalue weighted by Gasteiger charge is 2.39. The highest BCUT2D eigenvalue weighted by atomic mass is 19.4. The zero-order chi connectivity index (χ0) is 41.5. The van der Waals surface area contributed by atoms with E-state index >= 15 is 4.39 Å². The van der Waals surface area contributed by atoms with E-state index in [1.165, 1.54) is 4.90 Å². The molecule has 0 radical (unpaired) electrons. The van der Waals surface area contributed by atoms with Gasteiger partial charge in [-0.25, -0.2) is 23.9 Å². The molecule has 0 bridgehead atoms. The molecule has 13 nitrogen and oxygen atoms in total. The normalized spacial score (nSPS) is 13.3. The van der Waals surface area contributed by atoms with Gasteiger partial charge in [-0.1, -0.05) is 31.2 Å². The molecule has 8 N–H and O–H groups in total. The van der Waals surface area contributed by atoms with Crippen molar-refractivity contribution in [3.8, 4) is 11.3 Å². The molecule has 0 aliphatic carbocycles. The van der Waals surface area contributed by atoms with Crippen molar-refractivity contribution in [1.29, 1.82) is 0 Å². The van der Waals surface area contributed by atoms with Crippen LogP contribution in [0.5, 0.6) is 0 Å². The number of nitrogens with zero attached hydrogens (tertiary/aromatic N) is 3. The van der Waals surface area contributed by atoms with E-state index in [4.69, 9.17) is 36.3 Å². The number of nitrogen functional groups attached to an aromatic ring is 1. The third kappa shape index (κ3) is 10.1. The number of hydrogen-bond donors (Lipinski definition) is 6. The summed E-state index contributed by atoms with van der Waals surface area (Å²) in [5.41, 5.74) is 15.3. The molecule has 1 unspecified atom stereocenters. The summed E-state index contributed by atoms with van der Waals surface area (Å²) in [6.45, 7) is 2.46. The van der Waals surface area contributed by atoms with Crippen molar-refractivity contribution in [1.82, 2.24) is 15.0 Å². The van der Waals surface area contributed by atoms with Gasteiger partial charge in [-0.3, -0.25) is 9.59 Å². The van der Waals surface area contributed by atoms with Gasteiger partial charge >= 0.3 is 24.3 Å². The maximum atomic E-state index is 16.5. The number of pyridine rings is 1. The number of alkyl halides is 6. The average molecular weight is 792 g/mol. The number of amides is 2. The minimum Gasteiger partial charge on any atom is -0.475 e. The van der Waals surface area contributed by atoms with E-state index in [2.05, 4.69) is 15.3 Å². The summed E-state index contributed by atoms with van der Waals surface area (Å²) in [6, 6.07) is 17.2. The number of carbonyl (C=O) groups is 4. The zero-order valence-electron chi connectivity index (χ0n) is 29.0. The lowest BCUT2D eigenvalue weighted by Gasteiger charge is -2.24. The van der Waals surface area contributed by atoms with Crippen LogP contribution in [0, 0.1) is 5.82 Å². The molecule has 56 heavy (non-hydrogen) atoms. The number of primary amides is 1. The number of benzene rings is 3. The lowest BCUT2D eigenvalue weighted by Crippen LogP contribution is -2.26. The third-order valence-corrected chi connectivity index (χ3v) is 8.16. The lowest BCUT2D eigenvalue weighted by atomic mass is 9.98. The molecule has 1 atom stereocenters. The first kappa shape index (κ1) is 42.0. The van der Waals surface area contributed by atoms with Crippen molar-refractivity contribution in [2.75, 3.05) is 22.5 Å². The first-order valence-corrected chi connectivity index (χ1v) is 16.3. The molecule has 2 amide bonds.